The van der Waals surface area contributed by atoms with Gasteiger partial charge in [-0.3, -0.25) is 4.79 Å². The van der Waals surface area contributed by atoms with Crippen molar-refractivity contribution < 1.29 is 9.32 Å². The second-order valence-corrected chi connectivity index (χ2v) is 6.30. The second-order valence-electron chi connectivity index (χ2n) is 5.38. The van der Waals surface area contributed by atoms with Gasteiger partial charge in [0.25, 0.3) is 0 Å². The highest BCUT2D eigenvalue weighted by Crippen LogP contribution is 2.19. The van der Waals surface area contributed by atoms with E-state index in [1.54, 1.807) is 0 Å². The van der Waals surface area contributed by atoms with Gasteiger partial charge in [-0.1, -0.05) is 39.3 Å². The van der Waals surface area contributed by atoms with Crippen molar-refractivity contribution in [1.82, 2.24) is 10.1 Å². The molecule has 3 aromatic rings. The Hall–Kier alpha value is -2.47. The molecule has 1 aromatic heterocycles. The van der Waals surface area contributed by atoms with E-state index in [0.29, 0.717) is 18.1 Å². The number of hydrogen-bond acceptors (Lipinski definition) is 4. The van der Waals surface area contributed by atoms with Crippen molar-refractivity contribution in [2.45, 2.75) is 19.8 Å². The lowest BCUT2D eigenvalue weighted by molar-refractivity contribution is -0.116. The first kappa shape index (κ1) is 16.4. The first-order valence-electron chi connectivity index (χ1n) is 7.56. The van der Waals surface area contributed by atoms with Gasteiger partial charge in [-0.05, 0) is 42.8 Å². The highest BCUT2D eigenvalue weighted by atomic mass is 79.9. The third-order valence-corrected chi connectivity index (χ3v) is 4.08. The molecule has 3 rings (SSSR count). The first-order valence-corrected chi connectivity index (χ1v) is 8.35. The average molecular weight is 386 g/mol. The summed E-state index contributed by atoms with van der Waals surface area (Å²) in [5, 5.41) is 6.85. The smallest absolute Gasteiger partial charge is 0.227 e. The molecule has 0 atom stereocenters. The molecule has 1 amide bonds. The Bertz CT molecular complexity index is 843. The second kappa shape index (κ2) is 7.40. The van der Waals surface area contributed by atoms with Crippen LogP contribution in [0.4, 0.5) is 5.69 Å². The molecule has 0 fully saturated rings. The molecule has 1 heterocycles. The van der Waals surface area contributed by atoms with Gasteiger partial charge in [0.1, 0.15) is 0 Å². The van der Waals surface area contributed by atoms with Gasteiger partial charge in [0, 0.05) is 28.6 Å². The Morgan fingerprint density at radius 2 is 1.92 bits per heavy atom. The summed E-state index contributed by atoms with van der Waals surface area (Å²) in [6.07, 6.45) is 0.692. The van der Waals surface area contributed by atoms with Gasteiger partial charge >= 0.3 is 0 Å². The Labute approximate surface area is 148 Å². The molecule has 0 saturated carbocycles. The van der Waals surface area contributed by atoms with E-state index >= 15 is 0 Å². The zero-order valence-corrected chi connectivity index (χ0v) is 14.7. The number of nitrogens with one attached hydrogen (secondary N) is 1. The monoisotopic (exact) mass is 385 g/mol. The number of para-hydroxylation sites is 1. The van der Waals surface area contributed by atoms with Gasteiger partial charge in [0.05, 0.1) is 0 Å². The van der Waals surface area contributed by atoms with Gasteiger partial charge in [0.2, 0.25) is 17.6 Å². The predicted octanol–water partition coefficient (Wildman–Crippen LogP) is 4.38. The van der Waals surface area contributed by atoms with E-state index in [0.717, 1.165) is 21.3 Å². The number of benzene rings is 2. The topological polar surface area (TPSA) is 68.0 Å². The predicted molar refractivity (Wildman–Crippen MR) is 95.6 cm³/mol. The van der Waals surface area contributed by atoms with Crippen LogP contribution < -0.4 is 5.32 Å². The van der Waals surface area contributed by atoms with E-state index in [-0.39, 0.29) is 12.3 Å². The van der Waals surface area contributed by atoms with Crippen molar-refractivity contribution in [1.29, 1.82) is 0 Å². The number of carbonyl (C=O) groups is 1. The number of amides is 1. The van der Waals surface area contributed by atoms with Crippen LogP contribution in [0, 0.1) is 6.92 Å². The van der Waals surface area contributed by atoms with Crippen LogP contribution in [0.2, 0.25) is 0 Å². The molecule has 6 heteroatoms. The number of carbonyl (C=O) groups excluding carboxylic acids is 1. The molecule has 122 valence electrons. The summed E-state index contributed by atoms with van der Waals surface area (Å²) in [5.74, 6) is 0.900. The minimum atomic E-state index is -0.0762. The van der Waals surface area contributed by atoms with Crippen molar-refractivity contribution in [2.24, 2.45) is 0 Å². The molecule has 1 N–H and O–H groups in total. The number of aromatic nitrogens is 2. The highest BCUT2D eigenvalue weighted by molar-refractivity contribution is 9.10. The van der Waals surface area contributed by atoms with Crippen LogP contribution in [0.15, 0.2) is 57.5 Å². The van der Waals surface area contributed by atoms with Gasteiger partial charge in [-0.2, -0.15) is 4.98 Å². The minimum Gasteiger partial charge on any atom is -0.339 e. The lowest BCUT2D eigenvalue weighted by Crippen LogP contribution is -2.13. The summed E-state index contributed by atoms with van der Waals surface area (Å²) >= 11 is 3.39. The van der Waals surface area contributed by atoms with Gasteiger partial charge in [-0.25, -0.2) is 0 Å². The number of nitrogens with zero attached hydrogens (tertiary/aromatic N) is 2. The Kier molecular flexibility index (Phi) is 5.05. The molecule has 0 aliphatic rings. The molecule has 0 aliphatic carbocycles. The van der Waals surface area contributed by atoms with Crippen molar-refractivity contribution in [2.75, 3.05) is 5.32 Å². The largest absolute Gasteiger partial charge is 0.339 e. The van der Waals surface area contributed by atoms with E-state index in [9.17, 15) is 4.79 Å². The molecule has 0 bridgehead atoms. The summed E-state index contributed by atoms with van der Waals surface area (Å²) in [4.78, 5) is 16.4. The van der Waals surface area contributed by atoms with Gasteiger partial charge in [0.15, 0.2) is 0 Å². The molecule has 5 nitrogen and oxygen atoms in total. The summed E-state index contributed by atoms with van der Waals surface area (Å²) < 4.78 is 6.21. The van der Waals surface area contributed by atoms with Gasteiger partial charge < -0.3 is 9.84 Å². The van der Waals surface area contributed by atoms with Crippen LogP contribution in [-0.2, 0) is 11.2 Å². The molecule has 2 aromatic carbocycles. The van der Waals surface area contributed by atoms with Crippen LogP contribution in [0.3, 0.4) is 0 Å². The molecule has 0 aliphatic heterocycles. The molecule has 0 spiro atoms. The van der Waals surface area contributed by atoms with Crippen molar-refractivity contribution >= 4 is 27.5 Å². The first-order chi connectivity index (χ1) is 11.6. The zero-order valence-electron chi connectivity index (χ0n) is 13.1. The van der Waals surface area contributed by atoms with Crippen LogP contribution in [0.25, 0.3) is 11.4 Å². The summed E-state index contributed by atoms with van der Waals surface area (Å²) in [6, 6.07) is 15.3. The molecule has 24 heavy (non-hydrogen) atoms. The fourth-order valence-electron chi connectivity index (χ4n) is 2.22. The molecule has 0 saturated heterocycles. The summed E-state index contributed by atoms with van der Waals surface area (Å²) in [6.45, 7) is 1.96. The summed E-state index contributed by atoms with van der Waals surface area (Å²) in [7, 11) is 0. The Morgan fingerprint density at radius 1 is 1.17 bits per heavy atom. The van der Waals surface area contributed by atoms with Crippen LogP contribution in [0.5, 0.6) is 0 Å². The third kappa shape index (κ3) is 4.08. The maximum atomic E-state index is 12.0. The molecular weight excluding hydrogens is 370 g/mol. The number of anilines is 1. The molecule has 0 unspecified atom stereocenters. The maximum Gasteiger partial charge on any atom is 0.227 e. The Morgan fingerprint density at radius 3 is 2.67 bits per heavy atom. The number of aryl methyl sites for hydroxylation is 2. The van der Waals surface area contributed by atoms with Crippen molar-refractivity contribution in [3.8, 4) is 11.4 Å². The van der Waals surface area contributed by atoms with Crippen LogP contribution >= 0.6 is 15.9 Å². The molecule has 0 radical (unpaired) electrons. The quantitative estimate of drug-likeness (QED) is 0.707. The number of hydrogen-bond donors (Lipinski definition) is 1. The van der Waals surface area contributed by atoms with E-state index in [1.165, 1.54) is 0 Å². The zero-order chi connectivity index (χ0) is 16.9. The normalized spacial score (nSPS) is 10.6. The van der Waals surface area contributed by atoms with E-state index in [1.807, 2.05) is 55.5 Å². The van der Waals surface area contributed by atoms with E-state index in [4.69, 9.17) is 4.52 Å². The fraction of sp³-hybridized carbons (Fsp3) is 0.167. The van der Waals surface area contributed by atoms with E-state index < -0.39 is 0 Å². The lowest BCUT2D eigenvalue weighted by atomic mass is 10.2. The fourth-order valence-corrected chi connectivity index (χ4v) is 2.48. The lowest BCUT2D eigenvalue weighted by Gasteiger charge is -2.06. The Balaban J connectivity index is 1.58. The standard InChI is InChI=1S/C18H16BrN3O2/c1-12-4-2-3-5-15(12)20-16(23)10-11-17-21-18(22-24-17)13-6-8-14(19)9-7-13/h2-9H,10-11H2,1H3,(H,20,23). The number of halogens is 1. The SMILES string of the molecule is Cc1ccccc1NC(=O)CCc1nc(-c2ccc(Br)cc2)no1. The summed E-state index contributed by atoms with van der Waals surface area (Å²) in [5.41, 5.74) is 2.72. The highest BCUT2D eigenvalue weighted by Gasteiger charge is 2.11. The average Bonchev–Trinajstić information content (AvgIpc) is 3.05. The number of rotatable bonds is 5. The van der Waals surface area contributed by atoms with Gasteiger partial charge in [-0.15, -0.1) is 0 Å². The third-order valence-electron chi connectivity index (χ3n) is 3.56. The van der Waals surface area contributed by atoms with E-state index in [2.05, 4.69) is 31.4 Å². The minimum absolute atomic E-state index is 0.0762. The molecular formula is C18H16BrN3O2. The van der Waals surface area contributed by atoms with Crippen molar-refractivity contribution in [3.05, 3.63) is 64.5 Å². The van der Waals surface area contributed by atoms with Crippen LogP contribution in [0.1, 0.15) is 17.9 Å². The maximum absolute atomic E-state index is 12.0. The van der Waals surface area contributed by atoms with Crippen LogP contribution in [-0.4, -0.2) is 16.0 Å². The van der Waals surface area contributed by atoms with Crippen molar-refractivity contribution in [3.63, 3.8) is 0 Å².